The second-order valence-electron chi connectivity index (χ2n) is 3.41. The van der Waals surface area contributed by atoms with Crippen LogP contribution in [0, 0.1) is 0 Å². The number of Topliss-reactive ketones (excluding diaryl/α,β-unsaturated/α-hetero) is 1. The summed E-state index contributed by atoms with van der Waals surface area (Å²) < 4.78 is 9.69. The van der Waals surface area contributed by atoms with E-state index in [1.807, 2.05) is 0 Å². The van der Waals surface area contributed by atoms with Crippen molar-refractivity contribution in [2.24, 2.45) is 0 Å². The van der Waals surface area contributed by atoms with Crippen LogP contribution in [0.4, 0.5) is 0 Å². The van der Waals surface area contributed by atoms with Gasteiger partial charge >= 0.3 is 5.97 Å². The molecule has 0 heterocycles. The largest absolute Gasteiger partial charge is 0.496 e. The van der Waals surface area contributed by atoms with Gasteiger partial charge in [-0.3, -0.25) is 4.79 Å². The fraction of sp³-hybridized carbons (Fsp3) is 0.333. The van der Waals surface area contributed by atoms with Gasteiger partial charge in [0.1, 0.15) is 17.1 Å². The van der Waals surface area contributed by atoms with Crippen molar-refractivity contribution in [3.05, 3.63) is 29.3 Å². The van der Waals surface area contributed by atoms with E-state index in [0.717, 1.165) is 5.56 Å². The third kappa shape index (κ3) is 2.82. The predicted molar refractivity (Wildman–Crippen MR) is 58.7 cm³/mol. The van der Waals surface area contributed by atoms with Crippen LogP contribution in [0.5, 0.6) is 5.75 Å². The molecule has 4 heteroatoms. The molecule has 0 aliphatic carbocycles. The van der Waals surface area contributed by atoms with Crippen molar-refractivity contribution in [2.75, 3.05) is 14.2 Å². The number of carbonyl (C=O) groups excluding carboxylic acids is 2. The summed E-state index contributed by atoms with van der Waals surface area (Å²) in [6, 6.07) is 4.99. The minimum atomic E-state index is -0.453. The normalized spacial score (nSPS) is 9.69. The van der Waals surface area contributed by atoms with Gasteiger partial charge in [-0.1, -0.05) is 6.07 Å². The molecule has 0 saturated heterocycles. The number of hydrogen-bond donors (Lipinski definition) is 0. The zero-order chi connectivity index (χ0) is 12.1. The van der Waals surface area contributed by atoms with E-state index >= 15 is 0 Å². The molecule has 1 rings (SSSR count). The molecule has 16 heavy (non-hydrogen) atoms. The van der Waals surface area contributed by atoms with Crippen LogP contribution in [-0.2, 0) is 16.0 Å². The SMILES string of the molecule is COC(=O)c1ccc(CC(C)=O)cc1OC. The lowest BCUT2D eigenvalue weighted by atomic mass is 10.1. The van der Waals surface area contributed by atoms with Crippen molar-refractivity contribution in [2.45, 2.75) is 13.3 Å². The van der Waals surface area contributed by atoms with Gasteiger partial charge in [-0.15, -0.1) is 0 Å². The summed E-state index contributed by atoms with van der Waals surface area (Å²) in [6.07, 6.45) is 0.331. The average Bonchev–Trinajstić information content (AvgIpc) is 2.27. The predicted octanol–water partition coefficient (Wildman–Crippen LogP) is 1.61. The number of rotatable bonds is 4. The highest BCUT2D eigenvalue weighted by molar-refractivity contribution is 5.92. The first-order valence-electron chi connectivity index (χ1n) is 4.83. The number of carbonyl (C=O) groups is 2. The van der Waals surface area contributed by atoms with Crippen LogP contribution >= 0.6 is 0 Å². The minimum Gasteiger partial charge on any atom is -0.496 e. The zero-order valence-electron chi connectivity index (χ0n) is 9.57. The molecule has 0 bridgehead atoms. The second kappa shape index (κ2) is 5.30. The number of methoxy groups -OCH3 is 2. The summed E-state index contributed by atoms with van der Waals surface area (Å²) in [4.78, 5) is 22.3. The number of ether oxygens (including phenoxy) is 2. The van der Waals surface area contributed by atoms with Crippen molar-refractivity contribution in [3.8, 4) is 5.75 Å². The molecule has 4 nitrogen and oxygen atoms in total. The summed E-state index contributed by atoms with van der Waals surface area (Å²) in [6.45, 7) is 1.51. The molecular weight excluding hydrogens is 208 g/mol. The lowest BCUT2D eigenvalue weighted by Gasteiger charge is -2.08. The van der Waals surface area contributed by atoms with Crippen molar-refractivity contribution in [3.63, 3.8) is 0 Å². The first kappa shape index (κ1) is 12.2. The first-order chi connectivity index (χ1) is 7.58. The topological polar surface area (TPSA) is 52.6 Å². The van der Waals surface area contributed by atoms with Gasteiger partial charge in [-0.05, 0) is 24.6 Å². The van der Waals surface area contributed by atoms with Gasteiger partial charge < -0.3 is 9.47 Å². The lowest BCUT2D eigenvalue weighted by molar-refractivity contribution is -0.116. The molecule has 0 spiro atoms. The molecule has 1 aromatic carbocycles. The van der Waals surface area contributed by atoms with Crippen molar-refractivity contribution >= 4 is 11.8 Å². The van der Waals surface area contributed by atoms with E-state index in [0.29, 0.717) is 17.7 Å². The number of esters is 1. The summed E-state index contributed by atoms with van der Waals surface area (Å²) in [5.41, 5.74) is 1.18. The van der Waals surface area contributed by atoms with Crippen LogP contribution in [0.1, 0.15) is 22.8 Å². The zero-order valence-corrected chi connectivity index (χ0v) is 9.57. The van der Waals surface area contributed by atoms with E-state index in [-0.39, 0.29) is 5.78 Å². The average molecular weight is 222 g/mol. The van der Waals surface area contributed by atoms with E-state index in [1.165, 1.54) is 21.1 Å². The quantitative estimate of drug-likeness (QED) is 0.726. The van der Waals surface area contributed by atoms with Gasteiger partial charge in [0.05, 0.1) is 14.2 Å². The van der Waals surface area contributed by atoms with Gasteiger partial charge in [0, 0.05) is 6.42 Å². The Morgan fingerprint density at radius 1 is 1.25 bits per heavy atom. The molecule has 0 amide bonds. The minimum absolute atomic E-state index is 0.0628. The van der Waals surface area contributed by atoms with Crippen LogP contribution in [0.25, 0.3) is 0 Å². The first-order valence-corrected chi connectivity index (χ1v) is 4.83. The molecule has 0 aliphatic rings. The summed E-state index contributed by atoms with van der Waals surface area (Å²) >= 11 is 0. The van der Waals surface area contributed by atoms with Crippen LogP contribution in [0.2, 0.25) is 0 Å². The third-order valence-corrected chi connectivity index (χ3v) is 2.12. The maximum absolute atomic E-state index is 11.4. The Hall–Kier alpha value is -1.84. The standard InChI is InChI=1S/C12H14O4/c1-8(13)6-9-4-5-10(12(14)16-3)11(7-9)15-2/h4-5,7H,6H2,1-3H3. The Kier molecular flexibility index (Phi) is 4.05. The van der Waals surface area contributed by atoms with Crippen LogP contribution in [-0.4, -0.2) is 26.0 Å². The van der Waals surface area contributed by atoms with Crippen LogP contribution in [0.3, 0.4) is 0 Å². The Morgan fingerprint density at radius 3 is 2.44 bits per heavy atom. The van der Waals surface area contributed by atoms with E-state index in [9.17, 15) is 9.59 Å². The van der Waals surface area contributed by atoms with Gasteiger partial charge in [0.15, 0.2) is 0 Å². The molecule has 1 aromatic rings. The molecule has 0 fully saturated rings. The Labute approximate surface area is 94.2 Å². The summed E-state index contributed by atoms with van der Waals surface area (Å²) in [5.74, 6) is 0.0321. The van der Waals surface area contributed by atoms with E-state index in [4.69, 9.17) is 4.74 Å². The Morgan fingerprint density at radius 2 is 1.94 bits per heavy atom. The Bertz CT molecular complexity index is 409. The molecule has 0 radical (unpaired) electrons. The van der Waals surface area contributed by atoms with Crippen molar-refractivity contribution < 1.29 is 19.1 Å². The van der Waals surface area contributed by atoms with Crippen LogP contribution < -0.4 is 4.74 Å². The third-order valence-electron chi connectivity index (χ3n) is 2.12. The van der Waals surface area contributed by atoms with Crippen molar-refractivity contribution in [1.29, 1.82) is 0 Å². The fourth-order valence-corrected chi connectivity index (χ4v) is 1.41. The highest BCUT2D eigenvalue weighted by Gasteiger charge is 2.13. The molecule has 0 aliphatic heterocycles. The highest BCUT2D eigenvalue weighted by atomic mass is 16.5. The van der Waals surface area contributed by atoms with E-state index < -0.39 is 5.97 Å². The van der Waals surface area contributed by atoms with E-state index in [1.54, 1.807) is 18.2 Å². The fourth-order valence-electron chi connectivity index (χ4n) is 1.41. The van der Waals surface area contributed by atoms with Gasteiger partial charge in [0.2, 0.25) is 0 Å². The van der Waals surface area contributed by atoms with Gasteiger partial charge in [-0.2, -0.15) is 0 Å². The number of ketones is 1. The summed E-state index contributed by atoms with van der Waals surface area (Å²) in [7, 11) is 2.78. The molecule has 0 atom stereocenters. The second-order valence-corrected chi connectivity index (χ2v) is 3.41. The molecule has 0 unspecified atom stereocenters. The maximum atomic E-state index is 11.4. The molecule has 86 valence electrons. The van der Waals surface area contributed by atoms with Gasteiger partial charge in [-0.25, -0.2) is 4.79 Å². The smallest absolute Gasteiger partial charge is 0.341 e. The highest BCUT2D eigenvalue weighted by Crippen LogP contribution is 2.21. The maximum Gasteiger partial charge on any atom is 0.341 e. The Balaban J connectivity index is 3.06. The number of hydrogen-bond acceptors (Lipinski definition) is 4. The lowest BCUT2D eigenvalue weighted by Crippen LogP contribution is -2.05. The number of benzene rings is 1. The molecule has 0 aromatic heterocycles. The summed E-state index contributed by atoms with van der Waals surface area (Å²) in [5, 5.41) is 0. The molecular formula is C12H14O4. The molecule has 0 N–H and O–H groups in total. The van der Waals surface area contributed by atoms with Crippen LogP contribution in [0.15, 0.2) is 18.2 Å². The van der Waals surface area contributed by atoms with Crippen molar-refractivity contribution in [1.82, 2.24) is 0 Å². The molecule has 0 saturated carbocycles. The van der Waals surface area contributed by atoms with E-state index in [2.05, 4.69) is 4.74 Å². The van der Waals surface area contributed by atoms with Gasteiger partial charge in [0.25, 0.3) is 0 Å². The monoisotopic (exact) mass is 222 g/mol.